The van der Waals surface area contributed by atoms with Gasteiger partial charge in [-0.2, -0.15) is 0 Å². The molecule has 1 aliphatic heterocycles. The van der Waals surface area contributed by atoms with Crippen LogP contribution in [0.4, 0.5) is 5.88 Å². The third-order valence-corrected chi connectivity index (χ3v) is 4.55. The summed E-state index contributed by atoms with van der Waals surface area (Å²) < 4.78 is 11.3. The first-order valence-electron chi connectivity index (χ1n) is 8.58. The van der Waals surface area contributed by atoms with Crippen LogP contribution in [-0.2, 0) is 16.0 Å². The van der Waals surface area contributed by atoms with Gasteiger partial charge in [-0.3, -0.25) is 9.69 Å². The molecule has 1 atom stereocenters. The van der Waals surface area contributed by atoms with Crippen molar-refractivity contribution in [2.24, 2.45) is 5.92 Å². The standard InChI is InChI=1S/C20H25NO3/c1-20(2)15-17(11-14-24-20)19(22)21(18-9-6-13-23-18)12-10-16-7-4-3-5-8-16/h3-9,13,17H,10-12,14-15H2,1-2H3. The van der Waals surface area contributed by atoms with Crippen molar-refractivity contribution in [3.63, 3.8) is 0 Å². The highest BCUT2D eigenvalue weighted by molar-refractivity contribution is 5.94. The molecule has 1 amide bonds. The highest BCUT2D eigenvalue weighted by Crippen LogP contribution is 2.31. The van der Waals surface area contributed by atoms with Crippen LogP contribution in [0.3, 0.4) is 0 Å². The zero-order chi connectivity index (χ0) is 17.0. The van der Waals surface area contributed by atoms with Gasteiger partial charge in [0.15, 0.2) is 0 Å². The van der Waals surface area contributed by atoms with Gasteiger partial charge in [-0.05, 0) is 44.7 Å². The molecule has 4 heteroatoms. The fraction of sp³-hybridized carbons (Fsp3) is 0.450. The summed E-state index contributed by atoms with van der Waals surface area (Å²) in [4.78, 5) is 14.9. The van der Waals surface area contributed by atoms with Crippen molar-refractivity contribution in [3.8, 4) is 0 Å². The minimum absolute atomic E-state index is 0.0189. The number of furan rings is 1. The van der Waals surface area contributed by atoms with E-state index >= 15 is 0 Å². The topological polar surface area (TPSA) is 42.7 Å². The van der Waals surface area contributed by atoms with E-state index in [2.05, 4.69) is 12.1 Å². The Labute approximate surface area is 143 Å². The first kappa shape index (κ1) is 16.8. The zero-order valence-corrected chi connectivity index (χ0v) is 14.4. The lowest BCUT2D eigenvalue weighted by atomic mass is 9.87. The molecule has 1 aromatic carbocycles. The molecule has 2 aromatic rings. The normalized spacial score (nSPS) is 19.8. The molecule has 24 heavy (non-hydrogen) atoms. The van der Waals surface area contributed by atoms with E-state index in [1.54, 1.807) is 11.2 Å². The SMILES string of the molecule is CC1(C)CC(C(=O)N(CCc2ccccc2)c2ccco2)CCO1. The summed E-state index contributed by atoms with van der Waals surface area (Å²) in [6, 6.07) is 13.9. The number of carbonyl (C=O) groups excluding carboxylic acids is 1. The molecule has 1 aliphatic rings. The molecule has 0 N–H and O–H groups in total. The molecule has 0 bridgehead atoms. The van der Waals surface area contributed by atoms with Gasteiger partial charge in [0.05, 0.1) is 11.9 Å². The molecule has 1 saturated heterocycles. The summed E-state index contributed by atoms with van der Waals surface area (Å²) in [6.45, 7) is 5.35. The second-order valence-corrected chi connectivity index (χ2v) is 6.97. The van der Waals surface area contributed by atoms with Crippen LogP contribution >= 0.6 is 0 Å². The van der Waals surface area contributed by atoms with Gasteiger partial charge >= 0.3 is 0 Å². The summed E-state index contributed by atoms with van der Waals surface area (Å²) in [5.74, 6) is 0.743. The van der Waals surface area contributed by atoms with E-state index in [1.807, 2.05) is 44.2 Å². The zero-order valence-electron chi connectivity index (χ0n) is 14.4. The Balaban J connectivity index is 1.73. The number of hydrogen-bond donors (Lipinski definition) is 0. The lowest BCUT2D eigenvalue weighted by Gasteiger charge is -2.36. The maximum Gasteiger partial charge on any atom is 0.232 e. The Kier molecular flexibility index (Phi) is 5.05. The van der Waals surface area contributed by atoms with Crippen molar-refractivity contribution in [1.82, 2.24) is 0 Å². The second-order valence-electron chi connectivity index (χ2n) is 6.97. The smallest absolute Gasteiger partial charge is 0.232 e. The minimum Gasteiger partial charge on any atom is -0.448 e. The van der Waals surface area contributed by atoms with E-state index in [1.165, 1.54) is 5.56 Å². The van der Waals surface area contributed by atoms with Gasteiger partial charge in [-0.1, -0.05) is 30.3 Å². The number of rotatable bonds is 5. The largest absolute Gasteiger partial charge is 0.448 e. The number of hydrogen-bond acceptors (Lipinski definition) is 3. The van der Waals surface area contributed by atoms with Crippen molar-refractivity contribution in [1.29, 1.82) is 0 Å². The average molecular weight is 327 g/mol. The minimum atomic E-state index is -0.243. The van der Waals surface area contributed by atoms with Crippen LogP contribution < -0.4 is 4.90 Å². The molecule has 3 rings (SSSR count). The number of nitrogens with zero attached hydrogens (tertiary/aromatic N) is 1. The molecular formula is C20H25NO3. The third-order valence-electron chi connectivity index (χ3n) is 4.55. The van der Waals surface area contributed by atoms with E-state index in [-0.39, 0.29) is 17.4 Å². The Morgan fingerprint density at radius 1 is 1.21 bits per heavy atom. The fourth-order valence-electron chi connectivity index (χ4n) is 3.30. The van der Waals surface area contributed by atoms with Crippen molar-refractivity contribution < 1.29 is 13.9 Å². The van der Waals surface area contributed by atoms with Crippen molar-refractivity contribution in [2.45, 2.75) is 38.7 Å². The number of carbonyl (C=O) groups is 1. The van der Waals surface area contributed by atoms with E-state index in [0.29, 0.717) is 19.0 Å². The molecule has 0 aliphatic carbocycles. The first-order valence-corrected chi connectivity index (χ1v) is 8.58. The van der Waals surface area contributed by atoms with Gasteiger partial charge in [-0.25, -0.2) is 0 Å². The summed E-state index contributed by atoms with van der Waals surface area (Å²) >= 11 is 0. The number of benzene rings is 1. The van der Waals surface area contributed by atoms with E-state index in [0.717, 1.165) is 19.3 Å². The molecule has 0 spiro atoms. The Morgan fingerprint density at radius 3 is 2.67 bits per heavy atom. The van der Waals surface area contributed by atoms with Gasteiger partial charge < -0.3 is 9.15 Å². The highest BCUT2D eigenvalue weighted by Gasteiger charge is 2.35. The first-order chi connectivity index (χ1) is 11.6. The lowest BCUT2D eigenvalue weighted by molar-refractivity contribution is -0.132. The van der Waals surface area contributed by atoms with Gasteiger partial charge in [0.2, 0.25) is 11.8 Å². The molecule has 4 nitrogen and oxygen atoms in total. The van der Waals surface area contributed by atoms with E-state index < -0.39 is 0 Å². The van der Waals surface area contributed by atoms with Crippen molar-refractivity contribution >= 4 is 11.8 Å². The Bertz CT molecular complexity index is 649. The van der Waals surface area contributed by atoms with Crippen LogP contribution in [0.5, 0.6) is 0 Å². The van der Waals surface area contributed by atoms with Crippen LogP contribution in [0.15, 0.2) is 53.1 Å². The van der Waals surface area contributed by atoms with Gasteiger partial charge in [0.1, 0.15) is 0 Å². The van der Waals surface area contributed by atoms with Crippen LogP contribution in [0, 0.1) is 5.92 Å². The Morgan fingerprint density at radius 2 is 2.00 bits per heavy atom. The van der Waals surface area contributed by atoms with Gasteiger partial charge in [0.25, 0.3) is 0 Å². The second kappa shape index (κ2) is 7.22. The predicted molar refractivity (Wildman–Crippen MR) is 94.0 cm³/mol. The van der Waals surface area contributed by atoms with E-state index in [4.69, 9.17) is 9.15 Å². The van der Waals surface area contributed by atoms with E-state index in [9.17, 15) is 4.79 Å². The van der Waals surface area contributed by atoms with Crippen LogP contribution in [0.25, 0.3) is 0 Å². The Hall–Kier alpha value is -2.07. The average Bonchev–Trinajstić information content (AvgIpc) is 3.09. The molecule has 0 radical (unpaired) electrons. The third kappa shape index (κ3) is 4.06. The van der Waals surface area contributed by atoms with Crippen LogP contribution in [0.1, 0.15) is 32.3 Å². The molecule has 128 valence electrons. The number of ether oxygens (including phenoxy) is 1. The summed E-state index contributed by atoms with van der Waals surface area (Å²) in [6.07, 6.45) is 3.94. The predicted octanol–water partition coefficient (Wildman–Crippen LogP) is 4.06. The van der Waals surface area contributed by atoms with Crippen molar-refractivity contribution in [3.05, 3.63) is 54.3 Å². The summed E-state index contributed by atoms with van der Waals surface area (Å²) in [5.41, 5.74) is 0.974. The maximum atomic E-state index is 13.1. The fourth-order valence-corrected chi connectivity index (χ4v) is 3.30. The van der Waals surface area contributed by atoms with Crippen molar-refractivity contribution in [2.75, 3.05) is 18.1 Å². The molecular weight excluding hydrogens is 302 g/mol. The quantitative estimate of drug-likeness (QED) is 0.831. The summed E-state index contributed by atoms with van der Waals surface area (Å²) in [7, 11) is 0. The monoisotopic (exact) mass is 327 g/mol. The molecule has 2 heterocycles. The molecule has 1 aromatic heterocycles. The van der Waals surface area contributed by atoms with Gasteiger partial charge in [0, 0.05) is 25.1 Å². The molecule has 1 unspecified atom stereocenters. The summed E-state index contributed by atoms with van der Waals surface area (Å²) in [5, 5.41) is 0. The van der Waals surface area contributed by atoms with Gasteiger partial charge in [-0.15, -0.1) is 0 Å². The number of amides is 1. The number of anilines is 1. The molecule has 1 fully saturated rings. The lowest BCUT2D eigenvalue weighted by Crippen LogP contribution is -2.44. The highest BCUT2D eigenvalue weighted by atomic mass is 16.5. The maximum absolute atomic E-state index is 13.1. The van der Waals surface area contributed by atoms with Crippen LogP contribution in [0.2, 0.25) is 0 Å². The van der Waals surface area contributed by atoms with Crippen LogP contribution in [-0.4, -0.2) is 24.7 Å². The molecule has 0 saturated carbocycles.